The van der Waals surface area contributed by atoms with E-state index in [1.54, 1.807) is 0 Å². The second-order valence-electron chi connectivity index (χ2n) is 15.7. The topological polar surface area (TPSA) is 25.8 Å². The Hall–Kier alpha value is -7.16. The standard InChI is InChI=1S/C55H38N2/c1-55(2)50-33-40(28-29-46(50)48-30-27-38-16-7-9-19-43(38)53(48)55)42-31-32-49(45-21-11-10-20-44(42)45)54-56-51(39-25-23-36(24-26-39)35-13-4-3-5-14-35)34-52(57-54)47-22-12-17-37-15-6-8-18-41(37)47/h3-34H,1-2H3. The highest BCUT2D eigenvalue weighted by Crippen LogP contribution is 2.52. The van der Waals surface area contributed by atoms with Crippen molar-refractivity contribution < 1.29 is 0 Å². The van der Waals surface area contributed by atoms with E-state index in [-0.39, 0.29) is 5.41 Å². The fraction of sp³-hybridized carbons (Fsp3) is 0.0545. The summed E-state index contributed by atoms with van der Waals surface area (Å²) < 4.78 is 0. The van der Waals surface area contributed by atoms with Gasteiger partial charge in [-0.15, -0.1) is 0 Å². The minimum Gasteiger partial charge on any atom is -0.228 e. The average Bonchev–Trinajstić information content (AvgIpc) is 3.51. The molecule has 0 saturated carbocycles. The van der Waals surface area contributed by atoms with E-state index >= 15 is 0 Å². The number of aromatic nitrogens is 2. The highest BCUT2D eigenvalue weighted by Gasteiger charge is 2.37. The second-order valence-corrected chi connectivity index (χ2v) is 15.7. The van der Waals surface area contributed by atoms with Crippen LogP contribution in [0.2, 0.25) is 0 Å². The van der Waals surface area contributed by atoms with Crippen molar-refractivity contribution in [2.45, 2.75) is 19.3 Å². The molecule has 2 heteroatoms. The van der Waals surface area contributed by atoms with Crippen molar-refractivity contribution in [1.29, 1.82) is 0 Å². The van der Waals surface area contributed by atoms with Crippen LogP contribution in [-0.2, 0) is 5.41 Å². The quantitative estimate of drug-likeness (QED) is 0.176. The first-order chi connectivity index (χ1) is 28.0. The first kappa shape index (κ1) is 33.2. The molecule has 0 saturated heterocycles. The zero-order valence-corrected chi connectivity index (χ0v) is 31.9. The lowest BCUT2D eigenvalue weighted by atomic mass is 9.79. The molecule has 0 unspecified atom stereocenters. The Bertz CT molecular complexity index is 3190. The van der Waals surface area contributed by atoms with Gasteiger partial charge in [0.2, 0.25) is 0 Å². The van der Waals surface area contributed by atoms with Crippen molar-refractivity contribution in [3.63, 3.8) is 0 Å². The van der Waals surface area contributed by atoms with Gasteiger partial charge in [-0.05, 0) is 95.0 Å². The third-order valence-electron chi connectivity index (χ3n) is 12.1. The average molecular weight is 727 g/mol. The van der Waals surface area contributed by atoms with Gasteiger partial charge in [0.1, 0.15) is 0 Å². The summed E-state index contributed by atoms with van der Waals surface area (Å²) in [5, 5.41) is 7.30. The molecule has 1 aliphatic carbocycles. The summed E-state index contributed by atoms with van der Waals surface area (Å²) >= 11 is 0. The van der Waals surface area contributed by atoms with Gasteiger partial charge in [0.15, 0.2) is 5.82 Å². The second kappa shape index (κ2) is 13.0. The molecule has 0 aliphatic heterocycles. The summed E-state index contributed by atoms with van der Waals surface area (Å²) in [4.78, 5) is 10.7. The van der Waals surface area contributed by atoms with E-state index < -0.39 is 0 Å². The largest absolute Gasteiger partial charge is 0.228 e. The van der Waals surface area contributed by atoms with Gasteiger partial charge < -0.3 is 0 Å². The van der Waals surface area contributed by atoms with Gasteiger partial charge in [0.05, 0.1) is 11.4 Å². The maximum Gasteiger partial charge on any atom is 0.161 e. The van der Waals surface area contributed by atoms with Gasteiger partial charge in [-0.2, -0.15) is 0 Å². The van der Waals surface area contributed by atoms with Crippen molar-refractivity contribution in [2.75, 3.05) is 0 Å². The van der Waals surface area contributed by atoms with Crippen LogP contribution in [0.1, 0.15) is 25.0 Å². The molecule has 0 N–H and O–H groups in total. The molecular weight excluding hydrogens is 689 g/mol. The predicted octanol–water partition coefficient (Wildman–Crippen LogP) is 14.6. The molecule has 2 nitrogen and oxygen atoms in total. The summed E-state index contributed by atoms with van der Waals surface area (Å²) in [5.41, 5.74) is 15.1. The number of rotatable bonds is 5. The first-order valence-electron chi connectivity index (χ1n) is 19.7. The van der Waals surface area contributed by atoms with Crippen LogP contribution in [-0.4, -0.2) is 9.97 Å². The number of fused-ring (bicyclic) bond motifs is 7. The van der Waals surface area contributed by atoms with Crippen LogP contribution in [0, 0.1) is 0 Å². The van der Waals surface area contributed by atoms with E-state index in [4.69, 9.17) is 9.97 Å². The smallest absolute Gasteiger partial charge is 0.161 e. The molecule has 11 rings (SSSR count). The van der Waals surface area contributed by atoms with Crippen LogP contribution in [0.15, 0.2) is 194 Å². The van der Waals surface area contributed by atoms with Crippen LogP contribution in [0.3, 0.4) is 0 Å². The number of nitrogens with zero attached hydrogens (tertiary/aromatic N) is 2. The van der Waals surface area contributed by atoms with E-state index in [1.807, 2.05) is 0 Å². The van der Waals surface area contributed by atoms with Crippen LogP contribution < -0.4 is 0 Å². The molecule has 1 aromatic heterocycles. The molecule has 9 aromatic carbocycles. The van der Waals surface area contributed by atoms with E-state index in [1.165, 1.54) is 71.4 Å². The van der Waals surface area contributed by atoms with Gasteiger partial charge in [0.25, 0.3) is 0 Å². The van der Waals surface area contributed by atoms with Crippen molar-refractivity contribution in [3.8, 4) is 67.3 Å². The lowest BCUT2D eigenvalue weighted by molar-refractivity contribution is 0.666. The molecule has 1 aliphatic rings. The minimum atomic E-state index is -0.136. The maximum absolute atomic E-state index is 5.37. The monoisotopic (exact) mass is 726 g/mol. The SMILES string of the molecule is CC1(C)c2cc(-c3ccc(-c4nc(-c5ccc(-c6ccccc6)cc5)cc(-c5cccc6ccccc56)n4)c4ccccc34)ccc2-c2ccc3ccccc3c21. The molecule has 0 fully saturated rings. The summed E-state index contributed by atoms with van der Waals surface area (Å²) in [6.45, 7) is 4.75. The Kier molecular flexibility index (Phi) is 7.55. The molecule has 0 spiro atoms. The van der Waals surface area contributed by atoms with Crippen LogP contribution in [0.4, 0.5) is 0 Å². The highest BCUT2D eigenvalue weighted by atomic mass is 14.9. The fourth-order valence-corrected chi connectivity index (χ4v) is 9.28. The van der Waals surface area contributed by atoms with Gasteiger partial charge in [-0.25, -0.2) is 9.97 Å². The molecule has 0 radical (unpaired) electrons. The van der Waals surface area contributed by atoms with Crippen LogP contribution in [0.5, 0.6) is 0 Å². The van der Waals surface area contributed by atoms with Crippen molar-refractivity contribution in [3.05, 3.63) is 205 Å². The summed E-state index contributed by atoms with van der Waals surface area (Å²) in [6.07, 6.45) is 0. The van der Waals surface area contributed by atoms with Gasteiger partial charge in [-0.1, -0.05) is 190 Å². The molecule has 0 amide bonds. The molecule has 1 heterocycles. The van der Waals surface area contributed by atoms with Crippen molar-refractivity contribution in [1.82, 2.24) is 9.97 Å². The lowest BCUT2D eigenvalue weighted by Gasteiger charge is -2.24. The zero-order chi connectivity index (χ0) is 38.1. The Labute approximate surface area is 332 Å². The number of hydrogen-bond acceptors (Lipinski definition) is 2. The van der Waals surface area contributed by atoms with Crippen molar-refractivity contribution >= 4 is 32.3 Å². The third kappa shape index (κ3) is 5.40. The Morgan fingerprint density at radius 1 is 0.333 bits per heavy atom. The van der Waals surface area contributed by atoms with Gasteiger partial charge in [0, 0.05) is 22.1 Å². The Balaban J connectivity index is 1.06. The number of benzene rings is 9. The van der Waals surface area contributed by atoms with E-state index in [2.05, 4.69) is 208 Å². The van der Waals surface area contributed by atoms with Crippen LogP contribution >= 0.6 is 0 Å². The normalized spacial score (nSPS) is 12.9. The Morgan fingerprint density at radius 2 is 0.877 bits per heavy atom. The van der Waals surface area contributed by atoms with E-state index in [9.17, 15) is 0 Å². The fourth-order valence-electron chi connectivity index (χ4n) is 9.28. The van der Waals surface area contributed by atoms with Crippen molar-refractivity contribution in [2.24, 2.45) is 0 Å². The lowest BCUT2D eigenvalue weighted by Crippen LogP contribution is -2.15. The summed E-state index contributed by atoms with van der Waals surface area (Å²) in [5.74, 6) is 0.711. The molecule has 268 valence electrons. The van der Waals surface area contributed by atoms with E-state index in [0.717, 1.165) is 33.5 Å². The predicted molar refractivity (Wildman–Crippen MR) is 239 cm³/mol. The highest BCUT2D eigenvalue weighted by molar-refractivity contribution is 6.06. The molecule has 0 bridgehead atoms. The molecular formula is C55H38N2. The van der Waals surface area contributed by atoms with E-state index in [0.29, 0.717) is 5.82 Å². The number of hydrogen-bond donors (Lipinski definition) is 0. The molecule has 0 atom stereocenters. The minimum absolute atomic E-state index is 0.136. The molecule has 10 aromatic rings. The summed E-state index contributed by atoms with van der Waals surface area (Å²) in [6, 6.07) is 70.1. The third-order valence-corrected chi connectivity index (χ3v) is 12.1. The maximum atomic E-state index is 5.37. The Morgan fingerprint density at radius 3 is 1.67 bits per heavy atom. The van der Waals surface area contributed by atoms with Gasteiger partial charge >= 0.3 is 0 Å². The van der Waals surface area contributed by atoms with Crippen LogP contribution in [0.25, 0.3) is 99.6 Å². The molecule has 57 heavy (non-hydrogen) atoms. The summed E-state index contributed by atoms with van der Waals surface area (Å²) in [7, 11) is 0. The zero-order valence-electron chi connectivity index (χ0n) is 31.9. The van der Waals surface area contributed by atoms with Gasteiger partial charge in [-0.3, -0.25) is 0 Å². The first-order valence-corrected chi connectivity index (χ1v) is 19.7.